The van der Waals surface area contributed by atoms with Crippen LogP contribution in [0.15, 0.2) is 70.3 Å². The van der Waals surface area contributed by atoms with Gasteiger partial charge in [0, 0.05) is 31.6 Å². The van der Waals surface area contributed by atoms with Gasteiger partial charge >= 0.3 is 0 Å². The van der Waals surface area contributed by atoms with Gasteiger partial charge in [-0.2, -0.15) is 0 Å². The molecule has 0 aromatic heterocycles. The van der Waals surface area contributed by atoms with E-state index in [9.17, 15) is 4.39 Å². The summed E-state index contributed by atoms with van der Waals surface area (Å²) < 4.78 is 14.8. The Balaban J connectivity index is 1.96. The van der Waals surface area contributed by atoms with E-state index in [2.05, 4.69) is 69.0 Å². The lowest BCUT2D eigenvalue weighted by Gasteiger charge is -2.30. The topological polar surface area (TPSA) is 15.6 Å². The predicted octanol–water partition coefficient (Wildman–Crippen LogP) is 7.58. The molecular formula is C27H35FN2. The Labute approximate surface area is 181 Å². The minimum atomic E-state index is 0.0411. The van der Waals surface area contributed by atoms with Crippen LogP contribution in [0.1, 0.15) is 76.8 Å². The summed E-state index contributed by atoms with van der Waals surface area (Å²) in [5.74, 6) is 1.12. The molecule has 1 atom stereocenters. The predicted molar refractivity (Wildman–Crippen MR) is 127 cm³/mol. The molecule has 0 heterocycles. The highest BCUT2D eigenvalue weighted by Gasteiger charge is 2.28. The van der Waals surface area contributed by atoms with Gasteiger partial charge in [-0.05, 0) is 73.5 Å². The zero-order valence-electron chi connectivity index (χ0n) is 18.9. The second kappa shape index (κ2) is 10.6. The maximum absolute atomic E-state index is 14.8. The lowest BCUT2D eigenvalue weighted by Crippen LogP contribution is -2.24. The molecule has 3 heteroatoms. The van der Waals surface area contributed by atoms with Crippen molar-refractivity contribution in [3.63, 3.8) is 0 Å². The molecule has 0 bridgehead atoms. The Morgan fingerprint density at radius 2 is 1.93 bits per heavy atom. The highest BCUT2D eigenvalue weighted by Crippen LogP contribution is 2.44. The lowest BCUT2D eigenvalue weighted by molar-refractivity contribution is 0.341. The molecule has 3 rings (SSSR count). The molecule has 0 aliphatic heterocycles. The van der Waals surface area contributed by atoms with E-state index in [1.54, 1.807) is 0 Å². The first-order chi connectivity index (χ1) is 14.6. The molecule has 30 heavy (non-hydrogen) atoms. The second-order valence-electron chi connectivity index (χ2n) is 8.19. The quantitative estimate of drug-likeness (QED) is 0.406. The monoisotopic (exact) mass is 406 g/mol. The van der Waals surface area contributed by atoms with Crippen molar-refractivity contribution in [2.75, 3.05) is 13.1 Å². The van der Waals surface area contributed by atoms with Crippen molar-refractivity contribution in [2.24, 2.45) is 4.99 Å². The minimum Gasteiger partial charge on any atom is -0.357 e. The van der Waals surface area contributed by atoms with Crippen molar-refractivity contribution < 1.29 is 4.39 Å². The normalized spacial score (nSPS) is 19.6. The van der Waals surface area contributed by atoms with Gasteiger partial charge in [0.15, 0.2) is 0 Å². The third kappa shape index (κ3) is 4.83. The summed E-state index contributed by atoms with van der Waals surface area (Å²) in [4.78, 5) is 7.26. The van der Waals surface area contributed by atoms with E-state index in [1.807, 2.05) is 12.3 Å². The Hall–Kier alpha value is -2.42. The average molecular weight is 407 g/mol. The van der Waals surface area contributed by atoms with Gasteiger partial charge in [-0.1, -0.05) is 50.3 Å². The minimum absolute atomic E-state index is 0.0411. The molecule has 0 amide bonds. The number of benzene rings is 1. The van der Waals surface area contributed by atoms with Crippen molar-refractivity contribution >= 4 is 11.8 Å². The highest BCUT2D eigenvalue weighted by atomic mass is 19.1. The van der Waals surface area contributed by atoms with Crippen molar-refractivity contribution in [1.82, 2.24) is 4.90 Å². The molecule has 1 unspecified atom stereocenters. The zero-order valence-corrected chi connectivity index (χ0v) is 18.9. The number of hydrogen-bond donors (Lipinski definition) is 0. The molecule has 0 spiro atoms. The highest BCUT2D eigenvalue weighted by molar-refractivity contribution is 5.93. The van der Waals surface area contributed by atoms with Crippen LogP contribution in [-0.2, 0) is 0 Å². The number of hydrogen-bond acceptors (Lipinski definition) is 2. The first-order valence-electron chi connectivity index (χ1n) is 11.4. The van der Waals surface area contributed by atoms with E-state index in [-0.39, 0.29) is 11.7 Å². The van der Waals surface area contributed by atoms with Crippen LogP contribution >= 0.6 is 0 Å². The number of allylic oxidation sites excluding steroid dienone is 7. The van der Waals surface area contributed by atoms with Crippen LogP contribution in [0.25, 0.3) is 5.57 Å². The molecule has 0 radical (unpaired) electrons. The van der Waals surface area contributed by atoms with Gasteiger partial charge < -0.3 is 4.90 Å². The van der Waals surface area contributed by atoms with Gasteiger partial charge in [0.1, 0.15) is 11.6 Å². The van der Waals surface area contributed by atoms with E-state index in [1.165, 1.54) is 22.3 Å². The van der Waals surface area contributed by atoms with Crippen LogP contribution in [0, 0.1) is 0 Å². The third-order valence-corrected chi connectivity index (χ3v) is 6.08. The average Bonchev–Trinajstić information content (AvgIpc) is 2.76. The zero-order chi connectivity index (χ0) is 21.5. The van der Waals surface area contributed by atoms with Crippen LogP contribution in [0.3, 0.4) is 0 Å². The number of aliphatic imine (C=N–C) groups is 1. The standard InChI is InChI=1S/C27H35FN2/c1-5-16-30(17-6-2)27(7-3)29-19-21-18-25(24-14-10-11-15-26(24)28)23-13-9-8-12-22(23)20(21)4/h7-10,12-14,19,25H,5-6,11,15-18H2,1-4H3/b27-7-,29-19-. The third-order valence-electron chi connectivity index (χ3n) is 6.08. The fourth-order valence-electron chi connectivity index (χ4n) is 4.55. The smallest absolute Gasteiger partial charge is 0.124 e. The van der Waals surface area contributed by atoms with Gasteiger partial charge in [-0.15, -0.1) is 0 Å². The van der Waals surface area contributed by atoms with E-state index < -0.39 is 0 Å². The van der Waals surface area contributed by atoms with Crippen LogP contribution in [-0.4, -0.2) is 24.2 Å². The van der Waals surface area contributed by atoms with Gasteiger partial charge in [0.2, 0.25) is 0 Å². The van der Waals surface area contributed by atoms with Gasteiger partial charge in [0.25, 0.3) is 0 Å². The molecule has 2 aliphatic rings. The van der Waals surface area contributed by atoms with Crippen LogP contribution in [0.2, 0.25) is 0 Å². The Morgan fingerprint density at radius 3 is 2.60 bits per heavy atom. The summed E-state index contributed by atoms with van der Waals surface area (Å²) in [5.41, 5.74) is 5.74. The second-order valence-corrected chi connectivity index (χ2v) is 8.19. The van der Waals surface area contributed by atoms with Crippen LogP contribution in [0.4, 0.5) is 4.39 Å². The summed E-state index contributed by atoms with van der Waals surface area (Å²) in [6.45, 7) is 10.7. The molecule has 2 aliphatic carbocycles. The molecule has 1 aromatic carbocycles. The fraction of sp³-hybridized carbons (Fsp3) is 0.444. The largest absolute Gasteiger partial charge is 0.357 e. The first kappa shape index (κ1) is 22.3. The maximum Gasteiger partial charge on any atom is 0.124 e. The van der Waals surface area contributed by atoms with E-state index >= 15 is 0 Å². The number of halogens is 1. The van der Waals surface area contributed by atoms with E-state index in [0.29, 0.717) is 6.42 Å². The molecule has 0 fully saturated rings. The summed E-state index contributed by atoms with van der Waals surface area (Å²) in [6, 6.07) is 8.45. The summed E-state index contributed by atoms with van der Waals surface area (Å²) in [7, 11) is 0. The van der Waals surface area contributed by atoms with Crippen molar-refractivity contribution in [3.05, 3.63) is 76.4 Å². The van der Waals surface area contributed by atoms with Crippen molar-refractivity contribution in [1.29, 1.82) is 0 Å². The van der Waals surface area contributed by atoms with Crippen molar-refractivity contribution in [2.45, 2.75) is 65.7 Å². The summed E-state index contributed by atoms with van der Waals surface area (Å²) in [6.07, 6.45) is 12.5. The number of rotatable bonds is 8. The molecule has 0 N–H and O–H groups in total. The van der Waals surface area contributed by atoms with Crippen molar-refractivity contribution in [3.8, 4) is 0 Å². The molecule has 0 saturated heterocycles. The van der Waals surface area contributed by atoms with E-state index in [4.69, 9.17) is 4.99 Å². The molecule has 2 nitrogen and oxygen atoms in total. The summed E-state index contributed by atoms with van der Waals surface area (Å²) in [5, 5.41) is 0. The van der Waals surface area contributed by atoms with E-state index in [0.717, 1.165) is 50.2 Å². The lowest BCUT2D eigenvalue weighted by atomic mass is 9.75. The fourth-order valence-corrected chi connectivity index (χ4v) is 4.55. The Kier molecular flexibility index (Phi) is 7.84. The first-order valence-corrected chi connectivity index (χ1v) is 11.4. The van der Waals surface area contributed by atoms with Gasteiger partial charge in [-0.3, -0.25) is 0 Å². The Bertz CT molecular complexity index is 895. The van der Waals surface area contributed by atoms with Gasteiger partial charge in [0.05, 0.1) is 0 Å². The number of nitrogens with zero attached hydrogens (tertiary/aromatic N) is 2. The molecule has 0 saturated carbocycles. The van der Waals surface area contributed by atoms with Gasteiger partial charge in [-0.25, -0.2) is 9.38 Å². The number of fused-ring (bicyclic) bond motifs is 1. The molecule has 1 aromatic rings. The maximum atomic E-state index is 14.8. The SMILES string of the molecule is C/C=C(/N=C\C1=C(C)c2ccccc2C(C2=C(F)CCC=C2)C1)N(CCC)CCC. The summed E-state index contributed by atoms with van der Waals surface area (Å²) >= 11 is 0. The van der Waals surface area contributed by atoms with Crippen LogP contribution < -0.4 is 0 Å². The molecular weight excluding hydrogens is 371 g/mol. The Morgan fingerprint density at radius 1 is 1.20 bits per heavy atom. The van der Waals surface area contributed by atoms with Crippen LogP contribution in [0.5, 0.6) is 0 Å². The molecule has 160 valence electrons.